The Bertz CT molecular complexity index is 532. The Morgan fingerprint density at radius 1 is 1.44 bits per heavy atom. The molecule has 0 bridgehead atoms. The second-order valence-corrected chi connectivity index (χ2v) is 6.07. The number of thiophene rings is 1. The maximum absolute atomic E-state index is 13.4. The molecule has 0 aliphatic rings. The molecule has 2 aromatic heterocycles. The lowest BCUT2D eigenvalue weighted by Gasteiger charge is -2.07. The SMILES string of the molecule is CNc1ncc(F)c(NCCc2ccc(Br)s2)n1. The molecule has 0 aliphatic heterocycles. The van der Waals surface area contributed by atoms with E-state index in [1.807, 2.05) is 12.1 Å². The first-order valence-electron chi connectivity index (χ1n) is 5.37. The van der Waals surface area contributed by atoms with Crippen LogP contribution < -0.4 is 10.6 Å². The third kappa shape index (κ3) is 3.39. The lowest BCUT2D eigenvalue weighted by atomic mass is 10.3. The number of anilines is 2. The molecule has 2 rings (SSSR count). The molecule has 2 heterocycles. The van der Waals surface area contributed by atoms with E-state index in [0.29, 0.717) is 12.5 Å². The van der Waals surface area contributed by atoms with Gasteiger partial charge in [0.1, 0.15) is 0 Å². The van der Waals surface area contributed by atoms with Crippen molar-refractivity contribution in [1.29, 1.82) is 0 Å². The van der Waals surface area contributed by atoms with Crippen LogP contribution in [0.25, 0.3) is 0 Å². The maximum Gasteiger partial charge on any atom is 0.224 e. The lowest BCUT2D eigenvalue weighted by molar-refractivity contribution is 0.617. The molecule has 2 aromatic rings. The molecule has 0 aliphatic carbocycles. The number of nitrogens with one attached hydrogen (secondary N) is 2. The minimum Gasteiger partial charge on any atom is -0.367 e. The summed E-state index contributed by atoms with van der Waals surface area (Å²) in [5.74, 6) is 0.184. The highest BCUT2D eigenvalue weighted by Gasteiger charge is 2.05. The molecule has 4 nitrogen and oxygen atoms in total. The molecule has 0 saturated heterocycles. The fourth-order valence-corrected chi connectivity index (χ4v) is 2.88. The molecule has 0 atom stereocenters. The molecule has 0 radical (unpaired) electrons. The topological polar surface area (TPSA) is 49.8 Å². The van der Waals surface area contributed by atoms with Crippen LogP contribution in [0.5, 0.6) is 0 Å². The smallest absolute Gasteiger partial charge is 0.224 e. The van der Waals surface area contributed by atoms with E-state index in [2.05, 4.69) is 36.5 Å². The maximum atomic E-state index is 13.4. The van der Waals surface area contributed by atoms with Crippen LogP contribution in [0.1, 0.15) is 4.88 Å². The molecule has 0 unspecified atom stereocenters. The van der Waals surface area contributed by atoms with Crippen LogP contribution >= 0.6 is 27.3 Å². The van der Waals surface area contributed by atoms with Crippen LogP contribution in [0.4, 0.5) is 16.2 Å². The van der Waals surface area contributed by atoms with Crippen molar-refractivity contribution in [2.75, 3.05) is 24.2 Å². The second-order valence-electron chi connectivity index (χ2n) is 3.52. The zero-order valence-corrected chi connectivity index (χ0v) is 12.1. The fourth-order valence-electron chi connectivity index (χ4n) is 1.40. The van der Waals surface area contributed by atoms with E-state index in [1.54, 1.807) is 18.4 Å². The van der Waals surface area contributed by atoms with Gasteiger partial charge in [-0.25, -0.2) is 9.37 Å². The number of nitrogens with zero attached hydrogens (tertiary/aromatic N) is 2. The summed E-state index contributed by atoms with van der Waals surface area (Å²) in [6, 6.07) is 4.05. The molecule has 7 heteroatoms. The average molecular weight is 331 g/mol. The van der Waals surface area contributed by atoms with E-state index in [1.165, 1.54) is 4.88 Å². The molecule has 18 heavy (non-hydrogen) atoms. The summed E-state index contributed by atoms with van der Waals surface area (Å²) in [6.07, 6.45) is 1.98. The van der Waals surface area contributed by atoms with E-state index in [9.17, 15) is 4.39 Å². The van der Waals surface area contributed by atoms with E-state index in [-0.39, 0.29) is 5.82 Å². The van der Waals surface area contributed by atoms with Gasteiger partial charge in [0.25, 0.3) is 0 Å². The van der Waals surface area contributed by atoms with Gasteiger partial charge >= 0.3 is 0 Å². The van der Waals surface area contributed by atoms with Crippen molar-refractivity contribution in [1.82, 2.24) is 9.97 Å². The van der Waals surface area contributed by atoms with Crippen LogP contribution in [0.3, 0.4) is 0 Å². The highest BCUT2D eigenvalue weighted by Crippen LogP contribution is 2.22. The van der Waals surface area contributed by atoms with E-state index in [4.69, 9.17) is 0 Å². The van der Waals surface area contributed by atoms with Gasteiger partial charge in [-0.3, -0.25) is 0 Å². The molecule has 96 valence electrons. The number of hydrogen-bond donors (Lipinski definition) is 2. The summed E-state index contributed by atoms with van der Waals surface area (Å²) in [5, 5.41) is 5.74. The van der Waals surface area contributed by atoms with Gasteiger partial charge in [-0.05, 0) is 34.5 Å². The normalized spacial score (nSPS) is 10.4. The van der Waals surface area contributed by atoms with Crippen LogP contribution in [0, 0.1) is 5.82 Å². The third-order valence-electron chi connectivity index (χ3n) is 2.26. The Labute approximate surface area is 117 Å². The summed E-state index contributed by atoms with van der Waals surface area (Å²) >= 11 is 5.08. The average Bonchev–Trinajstić information content (AvgIpc) is 2.77. The third-order valence-corrected chi connectivity index (χ3v) is 3.94. The number of rotatable bonds is 5. The first kappa shape index (κ1) is 13.2. The fraction of sp³-hybridized carbons (Fsp3) is 0.273. The minimum atomic E-state index is -0.443. The Morgan fingerprint density at radius 3 is 2.94 bits per heavy atom. The monoisotopic (exact) mass is 330 g/mol. The van der Waals surface area contributed by atoms with Gasteiger partial charge in [-0.1, -0.05) is 0 Å². The van der Waals surface area contributed by atoms with Crippen molar-refractivity contribution in [3.63, 3.8) is 0 Å². The first-order chi connectivity index (χ1) is 8.69. The predicted octanol–water partition coefficient (Wildman–Crippen LogP) is 3.14. The van der Waals surface area contributed by atoms with Gasteiger partial charge in [0.15, 0.2) is 11.6 Å². The standard InChI is InChI=1S/C11H12BrFN4S/c1-14-11-16-6-8(13)10(17-11)15-5-4-7-2-3-9(12)18-7/h2-3,6H,4-5H2,1H3,(H2,14,15,16,17). The van der Waals surface area contributed by atoms with Crippen LogP contribution in [0.2, 0.25) is 0 Å². The van der Waals surface area contributed by atoms with Crippen molar-refractivity contribution < 1.29 is 4.39 Å². The Balaban J connectivity index is 1.93. The highest BCUT2D eigenvalue weighted by atomic mass is 79.9. The largest absolute Gasteiger partial charge is 0.367 e. The molecule has 0 spiro atoms. The highest BCUT2D eigenvalue weighted by molar-refractivity contribution is 9.11. The Kier molecular flexibility index (Phi) is 4.48. The molecule has 0 saturated carbocycles. The van der Waals surface area contributed by atoms with Gasteiger partial charge in [0.2, 0.25) is 5.95 Å². The van der Waals surface area contributed by atoms with Crippen molar-refractivity contribution >= 4 is 39.0 Å². The van der Waals surface area contributed by atoms with Crippen molar-refractivity contribution in [3.8, 4) is 0 Å². The van der Waals surface area contributed by atoms with Gasteiger partial charge in [0.05, 0.1) is 9.98 Å². The van der Waals surface area contributed by atoms with E-state index >= 15 is 0 Å². The summed E-state index contributed by atoms with van der Waals surface area (Å²) in [6.45, 7) is 0.629. The van der Waals surface area contributed by atoms with E-state index < -0.39 is 5.82 Å². The van der Waals surface area contributed by atoms with Gasteiger partial charge in [-0.2, -0.15) is 4.98 Å². The van der Waals surface area contributed by atoms with Crippen molar-refractivity contribution in [2.45, 2.75) is 6.42 Å². The Hall–Kier alpha value is -1.21. The van der Waals surface area contributed by atoms with Gasteiger partial charge < -0.3 is 10.6 Å². The lowest BCUT2D eigenvalue weighted by Crippen LogP contribution is -2.09. The minimum absolute atomic E-state index is 0.227. The Morgan fingerprint density at radius 2 is 2.28 bits per heavy atom. The quantitative estimate of drug-likeness (QED) is 0.884. The number of aromatic nitrogens is 2. The first-order valence-corrected chi connectivity index (χ1v) is 6.98. The molecular weight excluding hydrogens is 319 g/mol. The van der Waals surface area contributed by atoms with Crippen molar-refractivity contribution in [3.05, 3.63) is 32.8 Å². The number of halogens is 2. The summed E-state index contributed by atoms with van der Waals surface area (Å²) in [7, 11) is 1.69. The zero-order chi connectivity index (χ0) is 13.0. The van der Waals surface area contributed by atoms with Crippen LogP contribution in [0.15, 0.2) is 22.1 Å². The number of hydrogen-bond acceptors (Lipinski definition) is 5. The van der Waals surface area contributed by atoms with E-state index in [0.717, 1.165) is 16.4 Å². The molecule has 2 N–H and O–H groups in total. The van der Waals surface area contributed by atoms with Crippen LogP contribution in [-0.2, 0) is 6.42 Å². The molecule has 0 amide bonds. The van der Waals surface area contributed by atoms with Gasteiger partial charge in [0, 0.05) is 18.5 Å². The second kappa shape index (κ2) is 6.10. The predicted molar refractivity (Wildman–Crippen MR) is 75.7 cm³/mol. The van der Waals surface area contributed by atoms with Crippen molar-refractivity contribution in [2.24, 2.45) is 0 Å². The van der Waals surface area contributed by atoms with Gasteiger partial charge in [-0.15, -0.1) is 11.3 Å². The zero-order valence-electron chi connectivity index (χ0n) is 9.70. The summed E-state index contributed by atoms with van der Waals surface area (Å²) < 4.78 is 14.5. The molecular formula is C11H12BrFN4S. The molecule has 0 aromatic carbocycles. The summed E-state index contributed by atoms with van der Waals surface area (Å²) in [4.78, 5) is 9.03. The molecule has 0 fully saturated rings. The van der Waals surface area contributed by atoms with Crippen LogP contribution in [-0.4, -0.2) is 23.6 Å². The summed E-state index contributed by atoms with van der Waals surface area (Å²) in [5.41, 5.74) is 0.